The molecule has 0 bridgehead atoms. The fourth-order valence-electron chi connectivity index (χ4n) is 1.51. The SMILES string of the molecule is CC(C)NCc1cccnc1-n1cc(Br)cn1. The molecule has 0 aliphatic heterocycles. The van der Waals surface area contributed by atoms with Crippen LogP contribution in [-0.4, -0.2) is 20.8 Å². The van der Waals surface area contributed by atoms with Crippen molar-refractivity contribution in [1.29, 1.82) is 0 Å². The van der Waals surface area contributed by atoms with E-state index in [0.717, 1.165) is 22.4 Å². The smallest absolute Gasteiger partial charge is 0.157 e. The number of rotatable bonds is 4. The van der Waals surface area contributed by atoms with Crippen LogP contribution in [0.2, 0.25) is 0 Å². The molecular formula is C12H15BrN4. The summed E-state index contributed by atoms with van der Waals surface area (Å²) in [6.07, 6.45) is 5.44. The van der Waals surface area contributed by atoms with Crippen LogP contribution in [0.4, 0.5) is 0 Å². The van der Waals surface area contributed by atoms with Gasteiger partial charge >= 0.3 is 0 Å². The number of hydrogen-bond acceptors (Lipinski definition) is 3. The van der Waals surface area contributed by atoms with E-state index in [4.69, 9.17) is 0 Å². The Morgan fingerprint density at radius 2 is 2.29 bits per heavy atom. The van der Waals surface area contributed by atoms with E-state index < -0.39 is 0 Å². The molecule has 0 unspecified atom stereocenters. The second-order valence-corrected chi connectivity index (χ2v) is 5.04. The van der Waals surface area contributed by atoms with E-state index in [1.165, 1.54) is 0 Å². The third kappa shape index (κ3) is 3.14. The van der Waals surface area contributed by atoms with E-state index in [1.54, 1.807) is 17.1 Å². The third-order valence-corrected chi connectivity index (χ3v) is 2.75. The molecule has 0 saturated heterocycles. The molecule has 0 saturated carbocycles. The quantitative estimate of drug-likeness (QED) is 0.942. The molecule has 0 amide bonds. The first-order chi connectivity index (χ1) is 8.16. The first-order valence-corrected chi connectivity index (χ1v) is 6.34. The van der Waals surface area contributed by atoms with Crippen molar-refractivity contribution in [1.82, 2.24) is 20.1 Å². The minimum Gasteiger partial charge on any atom is -0.310 e. The van der Waals surface area contributed by atoms with E-state index in [0.29, 0.717) is 6.04 Å². The fourth-order valence-corrected chi connectivity index (χ4v) is 1.79. The summed E-state index contributed by atoms with van der Waals surface area (Å²) in [7, 11) is 0. The van der Waals surface area contributed by atoms with Crippen LogP contribution in [0.3, 0.4) is 0 Å². The predicted molar refractivity (Wildman–Crippen MR) is 71.0 cm³/mol. The van der Waals surface area contributed by atoms with Crippen molar-refractivity contribution >= 4 is 15.9 Å². The van der Waals surface area contributed by atoms with Crippen molar-refractivity contribution in [2.24, 2.45) is 0 Å². The lowest BCUT2D eigenvalue weighted by Crippen LogP contribution is -2.23. The fraction of sp³-hybridized carbons (Fsp3) is 0.333. The van der Waals surface area contributed by atoms with Crippen molar-refractivity contribution in [3.05, 3.63) is 40.8 Å². The van der Waals surface area contributed by atoms with Crippen molar-refractivity contribution < 1.29 is 0 Å². The lowest BCUT2D eigenvalue weighted by atomic mass is 10.2. The van der Waals surface area contributed by atoms with Gasteiger partial charge in [0.2, 0.25) is 0 Å². The number of nitrogens with zero attached hydrogens (tertiary/aromatic N) is 3. The lowest BCUT2D eigenvalue weighted by Gasteiger charge is -2.11. The van der Waals surface area contributed by atoms with Crippen molar-refractivity contribution in [2.75, 3.05) is 0 Å². The molecule has 2 heterocycles. The largest absolute Gasteiger partial charge is 0.310 e. The van der Waals surface area contributed by atoms with Gasteiger partial charge in [-0.15, -0.1) is 0 Å². The Labute approximate surface area is 109 Å². The Morgan fingerprint density at radius 3 is 2.94 bits per heavy atom. The van der Waals surface area contributed by atoms with Gasteiger partial charge < -0.3 is 5.32 Å². The van der Waals surface area contributed by atoms with Gasteiger partial charge in [0.15, 0.2) is 5.82 Å². The molecule has 2 aromatic rings. The second-order valence-electron chi connectivity index (χ2n) is 4.12. The Hall–Kier alpha value is -1.20. The van der Waals surface area contributed by atoms with E-state index in [-0.39, 0.29) is 0 Å². The molecule has 1 N–H and O–H groups in total. The van der Waals surface area contributed by atoms with E-state index >= 15 is 0 Å². The highest BCUT2D eigenvalue weighted by molar-refractivity contribution is 9.10. The summed E-state index contributed by atoms with van der Waals surface area (Å²) in [5.41, 5.74) is 1.14. The zero-order valence-electron chi connectivity index (χ0n) is 9.89. The predicted octanol–water partition coefficient (Wildman–Crippen LogP) is 2.53. The molecule has 2 rings (SSSR count). The maximum absolute atomic E-state index is 4.38. The van der Waals surface area contributed by atoms with Crippen LogP contribution < -0.4 is 5.32 Å². The van der Waals surface area contributed by atoms with Gasteiger partial charge in [-0.2, -0.15) is 5.10 Å². The zero-order valence-corrected chi connectivity index (χ0v) is 11.5. The summed E-state index contributed by atoms with van der Waals surface area (Å²) in [6.45, 7) is 5.04. The van der Waals surface area contributed by atoms with Gasteiger partial charge in [0.25, 0.3) is 0 Å². The Balaban J connectivity index is 2.27. The van der Waals surface area contributed by atoms with Crippen molar-refractivity contribution in [2.45, 2.75) is 26.4 Å². The first-order valence-electron chi connectivity index (χ1n) is 5.54. The van der Waals surface area contributed by atoms with Gasteiger partial charge in [-0.05, 0) is 22.0 Å². The summed E-state index contributed by atoms with van der Waals surface area (Å²) >= 11 is 3.39. The van der Waals surface area contributed by atoms with Crippen LogP contribution in [0.5, 0.6) is 0 Å². The average molecular weight is 295 g/mol. The van der Waals surface area contributed by atoms with E-state index in [1.807, 2.05) is 12.3 Å². The van der Waals surface area contributed by atoms with Crippen LogP contribution >= 0.6 is 15.9 Å². The minimum absolute atomic E-state index is 0.451. The molecule has 4 nitrogen and oxygen atoms in total. The van der Waals surface area contributed by atoms with Crippen LogP contribution in [0.25, 0.3) is 5.82 Å². The molecule has 0 aromatic carbocycles. The number of nitrogens with one attached hydrogen (secondary N) is 1. The topological polar surface area (TPSA) is 42.7 Å². The van der Waals surface area contributed by atoms with Crippen molar-refractivity contribution in [3.63, 3.8) is 0 Å². The highest BCUT2D eigenvalue weighted by atomic mass is 79.9. The molecule has 0 fully saturated rings. The van der Waals surface area contributed by atoms with E-state index in [2.05, 4.69) is 51.2 Å². The highest BCUT2D eigenvalue weighted by Crippen LogP contribution is 2.14. The number of aromatic nitrogens is 3. The van der Waals surface area contributed by atoms with Gasteiger partial charge in [-0.3, -0.25) is 0 Å². The molecule has 17 heavy (non-hydrogen) atoms. The van der Waals surface area contributed by atoms with Crippen LogP contribution in [0.1, 0.15) is 19.4 Å². The summed E-state index contributed by atoms with van der Waals surface area (Å²) in [6, 6.07) is 4.46. The van der Waals surface area contributed by atoms with Crippen LogP contribution in [0.15, 0.2) is 35.2 Å². The molecule has 0 aliphatic rings. The van der Waals surface area contributed by atoms with Gasteiger partial charge in [-0.1, -0.05) is 19.9 Å². The molecule has 0 aliphatic carbocycles. The van der Waals surface area contributed by atoms with Gasteiger partial charge in [-0.25, -0.2) is 9.67 Å². The number of halogens is 1. The molecule has 2 aromatic heterocycles. The molecule has 0 spiro atoms. The summed E-state index contributed by atoms with van der Waals surface area (Å²) < 4.78 is 2.73. The summed E-state index contributed by atoms with van der Waals surface area (Å²) in [4.78, 5) is 4.38. The number of pyridine rings is 1. The van der Waals surface area contributed by atoms with Crippen molar-refractivity contribution in [3.8, 4) is 5.82 Å². The van der Waals surface area contributed by atoms with Gasteiger partial charge in [0.05, 0.1) is 10.7 Å². The Morgan fingerprint density at radius 1 is 1.47 bits per heavy atom. The van der Waals surface area contributed by atoms with Gasteiger partial charge in [0, 0.05) is 30.5 Å². The summed E-state index contributed by atoms with van der Waals surface area (Å²) in [5, 5.41) is 7.64. The number of hydrogen-bond donors (Lipinski definition) is 1. The van der Waals surface area contributed by atoms with E-state index in [9.17, 15) is 0 Å². The molecule has 90 valence electrons. The average Bonchev–Trinajstić information content (AvgIpc) is 2.73. The normalized spacial score (nSPS) is 11.1. The maximum atomic E-state index is 4.38. The minimum atomic E-state index is 0.451. The van der Waals surface area contributed by atoms with Crippen LogP contribution in [-0.2, 0) is 6.54 Å². The van der Waals surface area contributed by atoms with Crippen LogP contribution in [0, 0.1) is 0 Å². The van der Waals surface area contributed by atoms with Gasteiger partial charge in [0.1, 0.15) is 0 Å². The standard InChI is InChI=1S/C12H15BrN4/c1-9(2)15-6-10-4-3-5-14-12(10)17-8-11(13)7-16-17/h3-5,7-9,15H,6H2,1-2H3. The second kappa shape index (κ2) is 5.42. The maximum Gasteiger partial charge on any atom is 0.157 e. The molecule has 0 radical (unpaired) electrons. The Bertz CT molecular complexity index is 493. The molecular weight excluding hydrogens is 280 g/mol. The first kappa shape index (κ1) is 12.3. The third-order valence-electron chi connectivity index (χ3n) is 2.34. The zero-order chi connectivity index (χ0) is 12.3. The summed E-state index contributed by atoms with van der Waals surface area (Å²) in [5.74, 6) is 0.867. The molecule has 5 heteroatoms. The Kier molecular flexibility index (Phi) is 3.91. The molecule has 0 atom stereocenters. The highest BCUT2D eigenvalue weighted by Gasteiger charge is 2.07. The lowest BCUT2D eigenvalue weighted by molar-refractivity contribution is 0.585. The monoisotopic (exact) mass is 294 g/mol.